The molecule has 6 rings (SSSR count). The minimum Gasteiger partial charge on any atom is -0.393 e. The van der Waals surface area contributed by atoms with Crippen LogP contribution in [0.4, 0.5) is 0 Å². The second-order valence-electron chi connectivity index (χ2n) is 13.2. The molecule has 2 N–H and O–H groups in total. The molecule has 4 aliphatic carbocycles. The summed E-state index contributed by atoms with van der Waals surface area (Å²) < 4.78 is 13.3. The van der Waals surface area contributed by atoms with Crippen molar-refractivity contribution in [3.8, 4) is 0 Å². The fourth-order valence-electron chi connectivity index (χ4n) is 10.3. The molecule has 176 valence electrons. The molecule has 2 heterocycles. The average molecular weight is 433 g/mol. The summed E-state index contributed by atoms with van der Waals surface area (Å²) in [5, 5.41) is 21.5. The summed E-state index contributed by atoms with van der Waals surface area (Å²) in [6, 6.07) is 0. The van der Waals surface area contributed by atoms with Gasteiger partial charge in [-0.25, -0.2) is 0 Å². The summed E-state index contributed by atoms with van der Waals surface area (Å²) in [6.45, 7) is 10.5. The Hall–Kier alpha value is -0.160. The SMILES string of the molecule is C[C@H]1CC[C@@]2(OC1)O[C@H]1C[C@H]3[C@@H]4CC[C@@H]5C[C@@H](O)C[C@@H](O)[C@]5(C)[C@H]4CC[C@]3(C)[C@H]1[C@@H]2C. The Morgan fingerprint density at radius 3 is 2.42 bits per heavy atom. The molecule has 0 bridgehead atoms. The molecule has 0 unspecified atom stereocenters. The van der Waals surface area contributed by atoms with Crippen molar-refractivity contribution in [1.29, 1.82) is 0 Å². The largest absolute Gasteiger partial charge is 0.393 e. The molecule has 0 aromatic rings. The lowest BCUT2D eigenvalue weighted by Crippen LogP contribution is -2.59. The highest BCUT2D eigenvalue weighted by Gasteiger charge is 2.69. The zero-order chi connectivity index (χ0) is 21.8. The van der Waals surface area contributed by atoms with Crippen LogP contribution in [0.3, 0.4) is 0 Å². The number of fused-ring (bicyclic) bond motifs is 7. The van der Waals surface area contributed by atoms with Gasteiger partial charge in [0, 0.05) is 12.3 Å². The highest BCUT2D eigenvalue weighted by Crippen LogP contribution is 2.71. The molecule has 1 spiro atoms. The molecule has 0 radical (unpaired) electrons. The molecule has 2 aliphatic heterocycles. The van der Waals surface area contributed by atoms with Crippen LogP contribution in [0, 0.1) is 52.3 Å². The first-order valence-corrected chi connectivity index (χ1v) is 13.4. The zero-order valence-corrected chi connectivity index (χ0v) is 20.1. The summed E-state index contributed by atoms with van der Waals surface area (Å²) in [4.78, 5) is 0. The van der Waals surface area contributed by atoms with Gasteiger partial charge in [0.25, 0.3) is 0 Å². The van der Waals surface area contributed by atoms with E-state index >= 15 is 0 Å². The molecule has 0 amide bonds. The summed E-state index contributed by atoms with van der Waals surface area (Å²) in [5.74, 6) is 3.89. The molecular formula is C27H44O4. The Morgan fingerprint density at radius 1 is 0.871 bits per heavy atom. The number of hydrogen-bond donors (Lipinski definition) is 2. The average Bonchev–Trinajstić information content (AvgIpc) is 3.16. The van der Waals surface area contributed by atoms with E-state index in [1.54, 1.807) is 0 Å². The zero-order valence-electron chi connectivity index (χ0n) is 20.1. The summed E-state index contributed by atoms with van der Waals surface area (Å²) in [7, 11) is 0. The molecule has 31 heavy (non-hydrogen) atoms. The first kappa shape index (κ1) is 21.4. The molecule has 13 atom stereocenters. The van der Waals surface area contributed by atoms with Crippen LogP contribution < -0.4 is 0 Å². The van der Waals surface area contributed by atoms with Gasteiger partial charge in [-0.15, -0.1) is 0 Å². The monoisotopic (exact) mass is 432 g/mol. The molecule has 0 aromatic carbocycles. The first-order chi connectivity index (χ1) is 14.7. The van der Waals surface area contributed by atoms with Gasteiger partial charge in [0.05, 0.1) is 24.9 Å². The van der Waals surface area contributed by atoms with Crippen LogP contribution in [0.15, 0.2) is 0 Å². The number of aliphatic hydroxyl groups is 2. The van der Waals surface area contributed by atoms with Crippen LogP contribution in [-0.4, -0.2) is 40.9 Å². The third-order valence-electron chi connectivity index (χ3n) is 12.0. The number of ether oxygens (including phenoxy) is 2. The van der Waals surface area contributed by atoms with Crippen molar-refractivity contribution in [3.05, 3.63) is 0 Å². The molecule has 6 aliphatic rings. The quantitative estimate of drug-likeness (QED) is 0.579. The summed E-state index contributed by atoms with van der Waals surface area (Å²) in [5.41, 5.74) is 0.320. The Balaban J connectivity index is 1.27. The van der Waals surface area contributed by atoms with Gasteiger partial charge in [-0.2, -0.15) is 0 Å². The van der Waals surface area contributed by atoms with E-state index in [4.69, 9.17) is 9.47 Å². The van der Waals surface area contributed by atoms with Crippen LogP contribution in [0.1, 0.15) is 85.5 Å². The van der Waals surface area contributed by atoms with E-state index < -0.39 is 0 Å². The highest BCUT2D eigenvalue weighted by molar-refractivity contribution is 5.16. The molecule has 0 aromatic heterocycles. The van der Waals surface area contributed by atoms with Gasteiger partial charge in [0.15, 0.2) is 5.79 Å². The lowest BCUT2D eigenvalue weighted by molar-refractivity contribution is -0.273. The molecular weight excluding hydrogens is 388 g/mol. The van der Waals surface area contributed by atoms with Crippen molar-refractivity contribution in [1.82, 2.24) is 0 Å². The topological polar surface area (TPSA) is 58.9 Å². The fourth-order valence-corrected chi connectivity index (χ4v) is 10.3. The van der Waals surface area contributed by atoms with Crippen LogP contribution in [0.5, 0.6) is 0 Å². The van der Waals surface area contributed by atoms with Crippen molar-refractivity contribution in [2.45, 2.75) is 110 Å². The van der Waals surface area contributed by atoms with E-state index in [1.807, 2.05) is 0 Å². The van der Waals surface area contributed by atoms with E-state index in [1.165, 1.54) is 38.5 Å². The lowest BCUT2D eigenvalue weighted by atomic mass is 9.43. The highest BCUT2D eigenvalue weighted by atomic mass is 16.7. The van der Waals surface area contributed by atoms with Gasteiger partial charge in [-0.05, 0) is 97.7 Å². The third kappa shape index (κ3) is 2.74. The normalized spacial score (nSPS) is 63.3. The van der Waals surface area contributed by atoms with Gasteiger partial charge in [0.2, 0.25) is 0 Å². The minimum atomic E-state index is -0.351. The first-order valence-electron chi connectivity index (χ1n) is 13.4. The Labute approximate surface area is 188 Å². The lowest BCUT2D eigenvalue weighted by Gasteiger charge is -2.62. The van der Waals surface area contributed by atoms with E-state index in [0.717, 1.165) is 19.4 Å². The Morgan fingerprint density at radius 2 is 1.68 bits per heavy atom. The van der Waals surface area contributed by atoms with Crippen molar-refractivity contribution in [2.75, 3.05) is 6.61 Å². The number of aliphatic hydroxyl groups excluding tert-OH is 2. The van der Waals surface area contributed by atoms with Gasteiger partial charge in [0.1, 0.15) is 0 Å². The molecule has 6 fully saturated rings. The molecule has 4 nitrogen and oxygen atoms in total. The van der Waals surface area contributed by atoms with Gasteiger partial charge < -0.3 is 19.7 Å². The van der Waals surface area contributed by atoms with Crippen molar-refractivity contribution in [2.24, 2.45) is 52.3 Å². The van der Waals surface area contributed by atoms with E-state index in [-0.39, 0.29) is 23.4 Å². The number of hydrogen-bond acceptors (Lipinski definition) is 4. The van der Waals surface area contributed by atoms with Crippen LogP contribution in [-0.2, 0) is 9.47 Å². The summed E-state index contributed by atoms with van der Waals surface area (Å²) >= 11 is 0. The predicted octanol–water partition coefficient (Wildman–Crippen LogP) is 4.76. The van der Waals surface area contributed by atoms with Crippen molar-refractivity contribution >= 4 is 0 Å². The van der Waals surface area contributed by atoms with Gasteiger partial charge in [-0.3, -0.25) is 0 Å². The van der Waals surface area contributed by atoms with Gasteiger partial charge >= 0.3 is 0 Å². The van der Waals surface area contributed by atoms with E-state index in [0.29, 0.717) is 59.4 Å². The minimum absolute atomic E-state index is 0.0164. The maximum atomic E-state index is 11.2. The Kier molecular flexibility index (Phi) is 4.78. The fraction of sp³-hybridized carbons (Fsp3) is 1.00. The van der Waals surface area contributed by atoms with Gasteiger partial charge in [-0.1, -0.05) is 27.7 Å². The number of rotatable bonds is 0. The van der Waals surface area contributed by atoms with Crippen LogP contribution in [0.2, 0.25) is 0 Å². The molecule has 4 saturated carbocycles. The second kappa shape index (κ2) is 6.93. The standard InChI is InChI=1S/C27H44O4/c1-15-7-10-27(30-14-15)16(2)24-22(31-27)13-21-19-6-5-17-11-18(28)12-23(29)26(17,4)20(19)8-9-25(21,24)3/h15-24,28-29H,5-14H2,1-4H3/t15-,16-,17+,18+,19+,20-,21-,22-,23+,24-,25-,26-,27+/m0/s1. The molecule has 2 saturated heterocycles. The van der Waals surface area contributed by atoms with Crippen LogP contribution >= 0.6 is 0 Å². The smallest absolute Gasteiger partial charge is 0.171 e. The van der Waals surface area contributed by atoms with E-state index in [9.17, 15) is 10.2 Å². The van der Waals surface area contributed by atoms with Crippen LogP contribution in [0.25, 0.3) is 0 Å². The maximum absolute atomic E-state index is 11.2. The van der Waals surface area contributed by atoms with E-state index in [2.05, 4.69) is 27.7 Å². The Bertz CT molecular complexity index is 716. The third-order valence-corrected chi connectivity index (χ3v) is 12.0. The molecule has 4 heteroatoms. The summed E-state index contributed by atoms with van der Waals surface area (Å²) in [6.07, 6.45) is 9.56. The van der Waals surface area contributed by atoms with Crippen molar-refractivity contribution in [3.63, 3.8) is 0 Å². The van der Waals surface area contributed by atoms with Crippen molar-refractivity contribution < 1.29 is 19.7 Å². The maximum Gasteiger partial charge on any atom is 0.171 e. The second-order valence-corrected chi connectivity index (χ2v) is 13.2. The predicted molar refractivity (Wildman–Crippen MR) is 119 cm³/mol.